The zero-order chi connectivity index (χ0) is 13.5. The highest BCUT2D eigenvalue weighted by atomic mass is 15.2. The van der Waals surface area contributed by atoms with Crippen molar-refractivity contribution in [3.8, 4) is 0 Å². The minimum Gasteiger partial charge on any atom is -0.303 e. The molecule has 0 fully saturated rings. The Labute approximate surface area is 114 Å². The summed E-state index contributed by atoms with van der Waals surface area (Å²) in [7, 11) is 0. The fraction of sp³-hybridized carbons (Fsp3) is 0.467. The summed E-state index contributed by atoms with van der Waals surface area (Å²) in [5.74, 6) is 0.867. The van der Waals surface area contributed by atoms with Crippen LogP contribution in [0, 0.1) is 0 Å². The average molecular weight is 258 g/mol. The third-order valence-corrected chi connectivity index (χ3v) is 3.34. The molecule has 1 heterocycles. The highest BCUT2D eigenvalue weighted by molar-refractivity contribution is 5.24. The Morgan fingerprint density at radius 2 is 2.05 bits per heavy atom. The van der Waals surface area contributed by atoms with Crippen molar-refractivity contribution in [2.75, 3.05) is 0 Å². The molecule has 102 valence electrons. The molecule has 1 aromatic carbocycles. The molecule has 2 rings (SSSR count). The smallest absolute Gasteiger partial charge is 0.138 e. The molecule has 0 radical (unpaired) electrons. The second-order valence-corrected chi connectivity index (χ2v) is 4.88. The van der Waals surface area contributed by atoms with Gasteiger partial charge in [0.05, 0.1) is 6.54 Å². The van der Waals surface area contributed by atoms with Crippen molar-refractivity contribution >= 4 is 0 Å². The van der Waals surface area contributed by atoms with E-state index >= 15 is 0 Å². The second-order valence-electron chi connectivity index (χ2n) is 4.88. The third-order valence-electron chi connectivity index (χ3n) is 3.34. The van der Waals surface area contributed by atoms with Crippen molar-refractivity contribution in [2.24, 2.45) is 0 Å². The topological polar surface area (TPSA) is 53.6 Å². The van der Waals surface area contributed by atoms with Crippen LogP contribution >= 0.6 is 0 Å². The Balaban J connectivity index is 1.86. The monoisotopic (exact) mass is 258 g/mol. The SMILES string of the molecule is CCCCc1ccc(C(C)NCc2ncn[nH]2)cc1. The van der Waals surface area contributed by atoms with Crippen LogP contribution in [0.15, 0.2) is 30.6 Å². The molecular weight excluding hydrogens is 236 g/mol. The van der Waals surface area contributed by atoms with E-state index in [9.17, 15) is 0 Å². The van der Waals surface area contributed by atoms with E-state index in [4.69, 9.17) is 0 Å². The highest BCUT2D eigenvalue weighted by Gasteiger charge is 2.05. The molecule has 2 aromatic rings. The van der Waals surface area contributed by atoms with Crippen molar-refractivity contribution < 1.29 is 0 Å². The lowest BCUT2D eigenvalue weighted by Gasteiger charge is -2.13. The third kappa shape index (κ3) is 4.17. The highest BCUT2D eigenvalue weighted by Crippen LogP contribution is 2.15. The fourth-order valence-corrected chi connectivity index (χ4v) is 2.04. The number of aryl methyl sites for hydroxylation is 1. The van der Waals surface area contributed by atoms with Gasteiger partial charge in [-0.25, -0.2) is 4.98 Å². The van der Waals surface area contributed by atoms with Crippen LogP contribution in [-0.4, -0.2) is 15.2 Å². The van der Waals surface area contributed by atoms with Crippen LogP contribution < -0.4 is 5.32 Å². The Hall–Kier alpha value is -1.68. The quantitative estimate of drug-likeness (QED) is 0.802. The van der Waals surface area contributed by atoms with E-state index in [0.717, 1.165) is 5.82 Å². The van der Waals surface area contributed by atoms with Crippen molar-refractivity contribution in [2.45, 2.75) is 45.7 Å². The van der Waals surface area contributed by atoms with Crippen LogP contribution in [0.4, 0.5) is 0 Å². The lowest BCUT2D eigenvalue weighted by atomic mass is 10.0. The van der Waals surface area contributed by atoms with Crippen molar-refractivity contribution in [1.29, 1.82) is 0 Å². The van der Waals surface area contributed by atoms with Gasteiger partial charge in [0.25, 0.3) is 0 Å². The first-order chi connectivity index (χ1) is 9.29. The van der Waals surface area contributed by atoms with Crippen LogP contribution in [0.2, 0.25) is 0 Å². The number of aromatic amines is 1. The number of rotatable bonds is 7. The summed E-state index contributed by atoms with van der Waals surface area (Å²) in [6.45, 7) is 5.10. The van der Waals surface area contributed by atoms with Gasteiger partial charge in [0.15, 0.2) is 0 Å². The molecule has 1 unspecified atom stereocenters. The summed E-state index contributed by atoms with van der Waals surface area (Å²) in [5, 5.41) is 10.1. The van der Waals surface area contributed by atoms with Crippen molar-refractivity contribution in [3.63, 3.8) is 0 Å². The van der Waals surface area contributed by atoms with Gasteiger partial charge in [-0.05, 0) is 30.9 Å². The Bertz CT molecular complexity index is 461. The largest absolute Gasteiger partial charge is 0.303 e. The van der Waals surface area contributed by atoms with Gasteiger partial charge in [0, 0.05) is 6.04 Å². The van der Waals surface area contributed by atoms with Crippen LogP contribution in [0.25, 0.3) is 0 Å². The molecule has 4 nitrogen and oxygen atoms in total. The van der Waals surface area contributed by atoms with Gasteiger partial charge >= 0.3 is 0 Å². The number of aromatic nitrogens is 3. The summed E-state index contributed by atoms with van der Waals surface area (Å²) >= 11 is 0. The molecule has 0 bridgehead atoms. The zero-order valence-electron chi connectivity index (χ0n) is 11.7. The van der Waals surface area contributed by atoms with Crippen molar-refractivity contribution in [3.05, 3.63) is 47.5 Å². The van der Waals surface area contributed by atoms with E-state index in [1.54, 1.807) is 0 Å². The number of nitrogens with zero attached hydrogens (tertiary/aromatic N) is 2. The summed E-state index contributed by atoms with van der Waals surface area (Å²) in [5.41, 5.74) is 2.73. The van der Waals surface area contributed by atoms with E-state index in [1.807, 2.05) is 0 Å². The summed E-state index contributed by atoms with van der Waals surface area (Å²) in [6.07, 6.45) is 5.22. The fourth-order valence-electron chi connectivity index (χ4n) is 2.04. The normalized spacial score (nSPS) is 12.5. The number of H-pyrrole nitrogens is 1. The lowest BCUT2D eigenvalue weighted by Crippen LogP contribution is -2.18. The second kappa shape index (κ2) is 7.04. The summed E-state index contributed by atoms with van der Waals surface area (Å²) in [6, 6.07) is 9.20. The molecule has 0 amide bonds. The van der Waals surface area contributed by atoms with Gasteiger partial charge in [-0.2, -0.15) is 5.10 Å². The predicted molar refractivity (Wildman–Crippen MR) is 76.7 cm³/mol. The maximum Gasteiger partial charge on any atom is 0.138 e. The minimum absolute atomic E-state index is 0.310. The molecule has 4 heteroatoms. The van der Waals surface area contributed by atoms with E-state index in [0.29, 0.717) is 12.6 Å². The number of hydrogen-bond donors (Lipinski definition) is 2. The summed E-state index contributed by atoms with van der Waals surface area (Å²) in [4.78, 5) is 4.10. The van der Waals surface area contributed by atoms with Gasteiger partial charge in [0.2, 0.25) is 0 Å². The molecule has 1 aromatic heterocycles. The number of benzene rings is 1. The summed E-state index contributed by atoms with van der Waals surface area (Å²) < 4.78 is 0. The molecule has 2 N–H and O–H groups in total. The van der Waals surface area contributed by atoms with E-state index < -0.39 is 0 Å². The molecule has 0 aliphatic rings. The number of unbranched alkanes of at least 4 members (excludes halogenated alkanes) is 1. The predicted octanol–water partition coefficient (Wildman–Crippen LogP) is 3.00. The van der Waals surface area contributed by atoms with Crippen LogP contribution in [0.5, 0.6) is 0 Å². The maximum absolute atomic E-state index is 4.10. The molecule has 0 saturated heterocycles. The minimum atomic E-state index is 0.310. The van der Waals surface area contributed by atoms with Gasteiger partial charge < -0.3 is 5.32 Å². The van der Waals surface area contributed by atoms with E-state index in [2.05, 4.69) is 58.6 Å². The standard InChI is InChI=1S/C15H22N4/c1-3-4-5-13-6-8-14(9-7-13)12(2)16-10-15-17-11-18-19-15/h6-9,11-12,16H,3-5,10H2,1-2H3,(H,17,18,19). The van der Waals surface area contributed by atoms with Gasteiger partial charge in [0.1, 0.15) is 12.2 Å². The molecule has 0 aliphatic heterocycles. The van der Waals surface area contributed by atoms with Crippen LogP contribution in [0.3, 0.4) is 0 Å². The maximum atomic E-state index is 4.10. The molecular formula is C15H22N4. The van der Waals surface area contributed by atoms with E-state index in [1.165, 1.54) is 36.7 Å². The average Bonchev–Trinajstić information content (AvgIpc) is 2.96. The van der Waals surface area contributed by atoms with Crippen molar-refractivity contribution in [1.82, 2.24) is 20.5 Å². The molecule has 0 aliphatic carbocycles. The Morgan fingerprint density at radius 3 is 2.68 bits per heavy atom. The first-order valence-corrected chi connectivity index (χ1v) is 6.96. The Morgan fingerprint density at radius 1 is 1.26 bits per heavy atom. The van der Waals surface area contributed by atoms with Gasteiger partial charge in [-0.15, -0.1) is 0 Å². The zero-order valence-corrected chi connectivity index (χ0v) is 11.7. The molecule has 1 atom stereocenters. The lowest BCUT2D eigenvalue weighted by molar-refractivity contribution is 0.560. The number of nitrogens with one attached hydrogen (secondary N) is 2. The molecule has 0 spiro atoms. The first kappa shape index (κ1) is 13.7. The van der Waals surface area contributed by atoms with Gasteiger partial charge in [-0.1, -0.05) is 37.6 Å². The molecule has 19 heavy (non-hydrogen) atoms. The molecule has 0 saturated carbocycles. The first-order valence-electron chi connectivity index (χ1n) is 6.96. The van der Waals surface area contributed by atoms with Crippen LogP contribution in [-0.2, 0) is 13.0 Å². The van der Waals surface area contributed by atoms with Crippen LogP contribution in [0.1, 0.15) is 49.7 Å². The Kier molecular flexibility index (Phi) is 5.10. The van der Waals surface area contributed by atoms with Gasteiger partial charge in [-0.3, -0.25) is 5.10 Å². The van der Waals surface area contributed by atoms with E-state index in [-0.39, 0.29) is 0 Å². The number of hydrogen-bond acceptors (Lipinski definition) is 3.